The van der Waals surface area contributed by atoms with Crippen LogP contribution in [0.1, 0.15) is 33.1 Å². The van der Waals surface area contributed by atoms with Crippen molar-refractivity contribution in [2.45, 2.75) is 39.4 Å². The molecule has 19 heavy (non-hydrogen) atoms. The van der Waals surface area contributed by atoms with E-state index >= 15 is 0 Å². The Hall–Kier alpha value is -1.40. The molecule has 0 saturated carbocycles. The normalized spacial score (nSPS) is 28.1. The average Bonchev–Trinajstić information content (AvgIpc) is 2.38. The summed E-state index contributed by atoms with van der Waals surface area (Å²) < 4.78 is 11.1. The van der Waals surface area contributed by atoms with Gasteiger partial charge in [-0.25, -0.2) is 9.59 Å². The summed E-state index contributed by atoms with van der Waals surface area (Å²) in [4.78, 5) is 21.7. The summed E-state index contributed by atoms with van der Waals surface area (Å²) in [5, 5.41) is 17.7. The van der Waals surface area contributed by atoms with Gasteiger partial charge in [0, 0.05) is 17.1 Å². The van der Waals surface area contributed by atoms with Crippen molar-refractivity contribution in [2.24, 2.45) is 5.41 Å². The lowest BCUT2D eigenvalue weighted by atomic mass is 9.79. The van der Waals surface area contributed by atoms with Crippen LogP contribution in [0.25, 0.3) is 0 Å². The van der Waals surface area contributed by atoms with E-state index in [1.54, 1.807) is 0 Å². The van der Waals surface area contributed by atoms with Gasteiger partial charge in [0.25, 0.3) is 0 Å². The Labute approximate surface area is 112 Å². The molecule has 0 unspecified atom stereocenters. The minimum absolute atomic E-state index is 0.127. The van der Waals surface area contributed by atoms with Crippen LogP contribution in [0.3, 0.4) is 0 Å². The van der Waals surface area contributed by atoms with Crippen LogP contribution in [-0.4, -0.2) is 41.7 Å². The second kappa shape index (κ2) is 6.68. The molecule has 0 radical (unpaired) electrons. The highest BCUT2D eigenvalue weighted by molar-refractivity contribution is 5.94. The van der Waals surface area contributed by atoms with E-state index in [0.29, 0.717) is 19.6 Å². The van der Waals surface area contributed by atoms with Crippen LogP contribution in [0.2, 0.25) is 0 Å². The van der Waals surface area contributed by atoms with Crippen LogP contribution in [0.4, 0.5) is 0 Å². The highest BCUT2D eigenvalue weighted by atomic mass is 16.7. The molecule has 0 spiro atoms. The van der Waals surface area contributed by atoms with E-state index in [2.05, 4.69) is 0 Å². The van der Waals surface area contributed by atoms with Crippen LogP contribution < -0.4 is 0 Å². The van der Waals surface area contributed by atoms with Crippen molar-refractivity contribution >= 4 is 11.9 Å². The lowest BCUT2D eigenvalue weighted by Crippen LogP contribution is -2.42. The molecule has 1 aliphatic rings. The van der Waals surface area contributed by atoms with Gasteiger partial charge < -0.3 is 19.7 Å². The molecule has 108 valence electrons. The van der Waals surface area contributed by atoms with Crippen molar-refractivity contribution in [1.82, 2.24) is 0 Å². The summed E-state index contributed by atoms with van der Waals surface area (Å²) in [6, 6.07) is 0. The van der Waals surface area contributed by atoms with Crippen molar-refractivity contribution in [1.29, 1.82) is 0 Å². The van der Waals surface area contributed by atoms with Gasteiger partial charge in [0.15, 0.2) is 6.29 Å². The Kier molecular flexibility index (Phi) is 5.50. The van der Waals surface area contributed by atoms with E-state index < -0.39 is 17.4 Å². The number of aliphatic carboxylic acids is 2. The van der Waals surface area contributed by atoms with E-state index in [4.69, 9.17) is 19.7 Å². The monoisotopic (exact) mass is 272 g/mol. The first-order chi connectivity index (χ1) is 8.92. The van der Waals surface area contributed by atoms with Gasteiger partial charge in [-0.1, -0.05) is 13.8 Å². The van der Waals surface area contributed by atoms with E-state index in [0.717, 1.165) is 12.5 Å². The summed E-state index contributed by atoms with van der Waals surface area (Å²) in [6.07, 6.45) is 2.01. The highest BCUT2D eigenvalue weighted by Crippen LogP contribution is 2.35. The molecular formula is C13H20O6. The molecule has 6 nitrogen and oxygen atoms in total. The molecule has 0 aromatic carbocycles. The molecule has 2 N–H and O–H groups in total. The summed E-state index contributed by atoms with van der Waals surface area (Å²) in [5.74, 6) is -2.47. The van der Waals surface area contributed by atoms with Crippen molar-refractivity contribution < 1.29 is 29.3 Å². The molecule has 0 aromatic rings. The summed E-state index contributed by atoms with van der Waals surface area (Å²) in [7, 11) is 0. The Morgan fingerprint density at radius 3 is 2.21 bits per heavy atom. The zero-order valence-electron chi connectivity index (χ0n) is 11.2. The minimum Gasteiger partial charge on any atom is -0.478 e. The Morgan fingerprint density at radius 1 is 1.26 bits per heavy atom. The van der Waals surface area contributed by atoms with Gasteiger partial charge in [-0.3, -0.25) is 0 Å². The van der Waals surface area contributed by atoms with Crippen molar-refractivity contribution in [3.8, 4) is 0 Å². The van der Waals surface area contributed by atoms with Gasteiger partial charge in [-0.05, 0) is 19.3 Å². The van der Waals surface area contributed by atoms with Gasteiger partial charge >= 0.3 is 11.9 Å². The smallest absolute Gasteiger partial charge is 0.331 e. The van der Waals surface area contributed by atoms with Crippen LogP contribution >= 0.6 is 0 Å². The fourth-order valence-corrected chi connectivity index (χ4v) is 2.04. The molecule has 1 saturated heterocycles. The fraction of sp³-hybridized carbons (Fsp3) is 0.692. The third-order valence-corrected chi connectivity index (χ3v) is 3.37. The van der Waals surface area contributed by atoms with Crippen LogP contribution in [-0.2, 0) is 19.1 Å². The molecule has 0 atom stereocenters. The second-order valence-corrected chi connectivity index (χ2v) is 4.80. The van der Waals surface area contributed by atoms with Crippen molar-refractivity contribution in [2.75, 3.05) is 13.2 Å². The molecule has 1 fully saturated rings. The minimum atomic E-state index is -1.26. The second-order valence-electron chi connectivity index (χ2n) is 4.80. The quantitative estimate of drug-likeness (QED) is 0.714. The SMILES string of the molecule is CCC1OCC(CC)(C/C(=C/C(=O)O)C(=O)O)CO1. The Morgan fingerprint density at radius 2 is 1.84 bits per heavy atom. The lowest BCUT2D eigenvalue weighted by Gasteiger charge is -2.39. The Balaban J connectivity index is 2.80. The zero-order valence-corrected chi connectivity index (χ0v) is 11.2. The predicted octanol–water partition coefficient (Wildman–Crippen LogP) is 1.65. The van der Waals surface area contributed by atoms with Crippen molar-refractivity contribution in [3.05, 3.63) is 11.6 Å². The molecule has 0 aromatic heterocycles. The number of hydrogen-bond donors (Lipinski definition) is 2. The molecule has 1 aliphatic heterocycles. The molecule has 0 bridgehead atoms. The fourth-order valence-electron chi connectivity index (χ4n) is 2.04. The first-order valence-corrected chi connectivity index (χ1v) is 6.32. The number of hydrogen-bond acceptors (Lipinski definition) is 4. The van der Waals surface area contributed by atoms with Gasteiger partial charge in [0.05, 0.1) is 13.2 Å². The summed E-state index contributed by atoms with van der Waals surface area (Å²) in [6.45, 7) is 4.62. The predicted molar refractivity (Wildman–Crippen MR) is 66.7 cm³/mol. The van der Waals surface area contributed by atoms with E-state index in [1.165, 1.54) is 0 Å². The van der Waals surface area contributed by atoms with E-state index in [-0.39, 0.29) is 18.3 Å². The third kappa shape index (κ3) is 4.33. The van der Waals surface area contributed by atoms with E-state index in [1.807, 2.05) is 13.8 Å². The third-order valence-electron chi connectivity index (χ3n) is 3.37. The number of rotatable bonds is 6. The summed E-state index contributed by atoms with van der Waals surface area (Å²) in [5.41, 5.74) is -0.595. The molecule has 1 rings (SSSR count). The van der Waals surface area contributed by atoms with Gasteiger partial charge in [-0.2, -0.15) is 0 Å². The maximum atomic E-state index is 11.1. The van der Waals surface area contributed by atoms with E-state index in [9.17, 15) is 9.59 Å². The van der Waals surface area contributed by atoms with Gasteiger partial charge in [0.2, 0.25) is 0 Å². The maximum Gasteiger partial charge on any atom is 0.331 e. The number of carbonyl (C=O) groups is 2. The topological polar surface area (TPSA) is 93.1 Å². The molecule has 0 amide bonds. The molecular weight excluding hydrogens is 252 g/mol. The first-order valence-electron chi connectivity index (χ1n) is 6.32. The highest BCUT2D eigenvalue weighted by Gasteiger charge is 2.37. The zero-order chi connectivity index (χ0) is 14.5. The average molecular weight is 272 g/mol. The Bertz CT molecular complexity index is 365. The standard InChI is InChI=1S/C13H20O6/c1-3-11-18-7-13(4-2,8-19-11)6-9(12(16)17)5-10(14)15/h5,11H,3-4,6-8H2,1-2H3,(H,14,15)(H,16,17)/b9-5-. The lowest BCUT2D eigenvalue weighted by molar-refractivity contribution is -0.230. The summed E-state index contributed by atoms with van der Waals surface area (Å²) >= 11 is 0. The van der Waals surface area contributed by atoms with Gasteiger partial charge in [-0.15, -0.1) is 0 Å². The number of carboxylic acids is 2. The van der Waals surface area contributed by atoms with Crippen LogP contribution in [0.5, 0.6) is 0 Å². The molecule has 6 heteroatoms. The molecule has 1 heterocycles. The number of ether oxygens (including phenoxy) is 2. The first kappa shape index (κ1) is 15.7. The van der Waals surface area contributed by atoms with Crippen LogP contribution in [0, 0.1) is 5.41 Å². The largest absolute Gasteiger partial charge is 0.478 e. The number of carboxylic acid groups (broad SMARTS) is 2. The maximum absolute atomic E-state index is 11.1. The van der Waals surface area contributed by atoms with Crippen molar-refractivity contribution in [3.63, 3.8) is 0 Å². The van der Waals surface area contributed by atoms with Crippen LogP contribution in [0.15, 0.2) is 11.6 Å². The van der Waals surface area contributed by atoms with Gasteiger partial charge in [0.1, 0.15) is 0 Å². The molecule has 0 aliphatic carbocycles.